The van der Waals surface area contributed by atoms with Gasteiger partial charge in [0.2, 0.25) is 0 Å². The third-order valence-corrected chi connectivity index (χ3v) is 4.53. The first-order chi connectivity index (χ1) is 14.3. The average Bonchev–Trinajstić information content (AvgIpc) is 3.48. The molecule has 0 spiro atoms. The molecule has 0 bridgehead atoms. The van der Waals surface area contributed by atoms with Crippen molar-refractivity contribution in [2.45, 2.75) is 0 Å². The summed E-state index contributed by atoms with van der Waals surface area (Å²) in [6, 6.07) is 32.7. The Morgan fingerprint density at radius 2 is 1.61 bits per heavy atom. The molecule has 2 heterocycles. The predicted octanol–water partition coefficient (Wildman–Crippen LogP) is 5.45. The Labute approximate surface area is 198 Å². The SMILES string of the molecule is CN1C=CN(c2[c-]cc(-c3ccccc3)cc2)C1.[CH3-].[Ir+3].[c-]1ccccc1-n1cccn1. The molecule has 0 N–H and O–H groups in total. The number of hydrogen-bond acceptors (Lipinski definition) is 3. The molecule has 4 aromatic rings. The predicted molar refractivity (Wildman–Crippen MR) is 124 cm³/mol. The van der Waals surface area contributed by atoms with E-state index in [1.165, 1.54) is 11.1 Å². The molecular weight excluding hydrogens is 561 g/mol. The summed E-state index contributed by atoms with van der Waals surface area (Å²) < 4.78 is 1.78. The first kappa shape index (κ1) is 24.1. The Kier molecular flexibility index (Phi) is 9.26. The van der Waals surface area contributed by atoms with E-state index in [0.717, 1.165) is 18.0 Å². The number of hydrogen-bond donors (Lipinski definition) is 0. The monoisotopic (exact) mass is 586 g/mol. The summed E-state index contributed by atoms with van der Waals surface area (Å²) in [7, 11) is 2.06. The third-order valence-electron chi connectivity index (χ3n) is 4.53. The minimum Gasteiger partial charge on any atom is -0.361 e. The Bertz CT molecular complexity index is 1030. The van der Waals surface area contributed by atoms with Crippen molar-refractivity contribution >= 4 is 5.69 Å². The molecule has 0 radical (unpaired) electrons. The molecule has 31 heavy (non-hydrogen) atoms. The van der Waals surface area contributed by atoms with Gasteiger partial charge in [0, 0.05) is 31.8 Å². The Morgan fingerprint density at radius 1 is 0.806 bits per heavy atom. The van der Waals surface area contributed by atoms with Crippen molar-refractivity contribution in [1.82, 2.24) is 14.7 Å². The summed E-state index contributed by atoms with van der Waals surface area (Å²) in [5, 5.41) is 4.07. The number of para-hydroxylation sites is 1. The molecule has 0 atom stereocenters. The van der Waals surface area contributed by atoms with E-state index in [9.17, 15) is 0 Å². The topological polar surface area (TPSA) is 24.3 Å². The van der Waals surface area contributed by atoms with Crippen molar-refractivity contribution in [2.75, 3.05) is 18.6 Å². The molecule has 1 aromatic heterocycles. The molecular formula is C26H25IrN4. The van der Waals surface area contributed by atoms with Crippen molar-refractivity contribution in [3.63, 3.8) is 0 Å². The van der Waals surface area contributed by atoms with Crippen LogP contribution in [0.2, 0.25) is 0 Å². The van der Waals surface area contributed by atoms with Crippen LogP contribution in [0.5, 0.6) is 0 Å². The molecule has 0 saturated heterocycles. The summed E-state index contributed by atoms with van der Waals surface area (Å²) in [5.41, 5.74) is 4.51. The van der Waals surface area contributed by atoms with Gasteiger partial charge in [0.15, 0.2) is 0 Å². The molecule has 1 aliphatic rings. The van der Waals surface area contributed by atoms with Crippen LogP contribution in [0.25, 0.3) is 16.8 Å². The molecule has 0 aliphatic carbocycles. The molecule has 5 heteroatoms. The second-order valence-electron chi connectivity index (χ2n) is 6.69. The van der Waals surface area contributed by atoms with E-state index in [1.807, 2.05) is 42.6 Å². The fraction of sp³-hybridized carbons (Fsp3) is 0.0769. The molecule has 0 unspecified atom stereocenters. The molecule has 158 valence electrons. The van der Waals surface area contributed by atoms with Crippen molar-refractivity contribution in [3.05, 3.63) is 123 Å². The quantitative estimate of drug-likeness (QED) is 0.299. The van der Waals surface area contributed by atoms with Crippen molar-refractivity contribution in [3.8, 4) is 16.8 Å². The van der Waals surface area contributed by atoms with Crippen LogP contribution < -0.4 is 4.90 Å². The second kappa shape index (κ2) is 11.9. The normalized spacial score (nSPS) is 11.8. The van der Waals surface area contributed by atoms with E-state index in [4.69, 9.17) is 0 Å². The first-order valence-corrected chi connectivity index (χ1v) is 9.49. The Hall–Kier alpha value is -3.14. The fourth-order valence-corrected chi connectivity index (χ4v) is 3.03. The molecule has 4 nitrogen and oxygen atoms in total. The summed E-state index contributed by atoms with van der Waals surface area (Å²) >= 11 is 0. The third kappa shape index (κ3) is 6.42. The minimum atomic E-state index is 0. The maximum atomic E-state index is 4.07. The standard InChI is InChI=1S/C16H15N2.C9H7N2.CH3.Ir/c1-17-11-12-18(13-17)16-9-7-15(8-10-16)14-5-3-2-4-6-14;1-2-5-9(6-3-1)11-8-4-7-10-11;;/h2-9,11-12H,13H2,1H3;1-5,7-8H;1H3;/q3*-1;+3. The van der Waals surface area contributed by atoms with Crippen molar-refractivity contribution in [1.29, 1.82) is 0 Å². The molecule has 1 aliphatic heterocycles. The molecule has 0 saturated carbocycles. The fourth-order valence-electron chi connectivity index (χ4n) is 3.03. The smallest absolute Gasteiger partial charge is 0.361 e. The van der Waals surface area contributed by atoms with Gasteiger partial charge in [0.25, 0.3) is 0 Å². The maximum absolute atomic E-state index is 4.07. The van der Waals surface area contributed by atoms with Gasteiger partial charge in [-0.2, -0.15) is 47.6 Å². The van der Waals surface area contributed by atoms with Gasteiger partial charge in [-0.25, -0.2) is 0 Å². The summed E-state index contributed by atoms with van der Waals surface area (Å²) in [5.74, 6) is 0. The van der Waals surface area contributed by atoms with Gasteiger partial charge in [0.1, 0.15) is 0 Å². The van der Waals surface area contributed by atoms with Crippen LogP contribution in [0, 0.1) is 19.6 Å². The molecule has 0 amide bonds. The summed E-state index contributed by atoms with van der Waals surface area (Å²) in [6.07, 6.45) is 7.79. The van der Waals surface area contributed by atoms with Crippen LogP contribution in [-0.2, 0) is 20.1 Å². The van der Waals surface area contributed by atoms with Crippen LogP contribution in [-0.4, -0.2) is 28.4 Å². The van der Waals surface area contributed by atoms with E-state index < -0.39 is 0 Å². The van der Waals surface area contributed by atoms with Gasteiger partial charge in [0.05, 0.1) is 6.67 Å². The van der Waals surface area contributed by atoms with Gasteiger partial charge >= 0.3 is 20.1 Å². The van der Waals surface area contributed by atoms with Gasteiger partial charge in [-0.3, -0.25) is 4.68 Å². The second-order valence-corrected chi connectivity index (χ2v) is 6.69. The molecule has 5 rings (SSSR count). The minimum absolute atomic E-state index is 0. The van der Waals surface area contributed by atoms with E-state index in [-0.39, 0.29) is 27.5 Å². The maximum Gasteiger partial charge on any atom is 3.00 e. The van der Waals surface area contributed by atoms with Crippen LogP contribution in [0.3, 0.4) is 0 Å². The number of aromatic nitrogens is 2. The van der Waals surface area contributed by atoms with E-state index in [2.05, 4.69) is 88.9 Å². The van der Waals surface area contributed by atoms with Crippen LogP contribution in [0.15, 0.2) is 104 Å². The zero-order valence-corrected chi connectivity index (χ0v) is 20.0. The number of anilines is 1. The van der Waals surface area contributed by atoms with Gasteiger partial charge in [-0.1, -0.05) is 41.6 Å². The molecule has 0 fully saturated rings. The number of benzene rings is 3. The van der Waals surface area contributed by atoms with Crippen molar-refractivity contribution in [2.24, 2.45) is 0 Å². The van der Waals surface area contributed by atoms with Gasteiger partial charge in [-0.15, -0.1) is 17.7 Å². The summed E-state index contributed by atoms with van der Waals surface area (Å²) in [4.78, 5) is 4.31. The van der Waals surface area contributed by atoms with E-state index in [0.29, 0.717) is 0 Å². The van der Waals surface area contributed by atoms with E-state index >= 15 is 0 Å². The largest absolute Gasteiger partial charge is 3.00 e. The molecule has 3 aromatic carbocycles. The van der Waals surface area contributed by atoms with Crippen LogP contribution >= 0.6 is 0 Å². The Morgan fingerprint density at radius 3 is 2.19 bits per heavy atom. The zero-order chi connectivity index (χ0) is 19.9. The zero-order valence-electron chi connectivity index (χ0n) is 17.6. The summed E-state index contributed by atoms with van der Waals surface area (Å²) in [6.45, 7) is 0.890. The van der Waals surface area contributed by atoms with E-state index in [1.54, 1.807) is 10.9 Å². The Balaban J connectivity index is 0.000000228. The first-order valence-electron chi connectivity index (χ1n) is 9.49. The average molecular weight is 586 g/mol. The van der Waals surface area contributed by atoms with Crippen LogP contribution in [0.4, 0.5) is 5.69 Å². The van der Waals surface area contributed by atoms with Crippen LogP contribution in [0.1, 0.15) is 0 Å². The van der Waals surface area contributed by atoms with Gasteiger partial charge < -0.3 is 17.2 Å². The van der Waals surface area contributed by atoms with Gasteiger partial charge in [-0.05, 0) is 11.8 Å². The van der Waals surface area contributed by atoms with Crippen molar-refractivity contribution < 1.29 is 20.1 Å². The number of nitrogens with zero attached hydrogens (tertiary/aromatic N) is 4. The number of rotatable bonds is 3.